The molecule has 2 fully saturated rings. The quantitative estimate of drug-likeness (QED) is 0.701. The summed E-state index contributed by atoms with van der Waals surface area (Å²) in [5.41, 5.74) is 1.02. The van der Waals surface area contributed by atoms with Crippen LogP contribution in [0, 0.1) is 11.8 Å². The molecule has 1 saturated carbocycles. The lowest BCUT2D eigenvalue weighted by Gasteiger charge is -2.29. The largest absolute Gasteiger partial charge is 0.349 e. The molecule has 2 N–H and O–H groups in total. The van der Waals surface area contributed by atoms with Crippen molar-refractivity contribution in [1.82, 2.24) is 14.9 Å². The molecule has 3 atom stereocenters. The van der Waals surface area contributed by atoms with E-state index in [0.29, 0.717) is 18.8 Å². The Morgan fingerprint density at radius 1 is 1.33 bits per heavy atom. The molecular weight excluding hydrogens is 358 g/mol. The van der Waals surface area contributed by atoms with Crippen LogP contribution in [0.25, 0.3) is 0 Å². The zero-order valence-electron chi connectivity index (χ0n) is 16.5. The van der Waals surface area contributed by atoms with Crippen molar-refractivity contribution in [2.45, 2.75) is 58.0 Å². The highest BCUT2D eigenvalue weighted by Crippen LogP contribution is 2.40. The topological polar surface area (TPSA) is 61.4 Å². The van der Waals surface area contributed by atoms with Gasteiger partial charge in [0.1, 0.15) is 0 Å². The van der Waals surface area contributed by atoms with Crippen LogP contribution in [0.5, 0.6) is 0 Å². The van der Waals surface area contributed by atoms with Gasteiger partial charge in [0, 0.05) is 24.4 Å². The van der Waals surface area contributed by atoms with Crippen LogP contribution in [-0.4, -0.2) is 34.7 Å². The van der Waals surface area contributed by atoms with Crippen molar-refractivity contribution in [3.8, 4) is 0 Å². The molecule has 6 heteroatoms. The van der Waals surface area contributed by atoms with Crippen molar-refractivity contribution in [3.05, 3.63) is 35.9 Å². The Hall–Kier alpha value is -1.53. The van der Waals surface area contributed by atoms with Crippen LogP contribution in [0.4, 0.5) is 0 Å². The Labute approximate surface area is 166 Å². The van der Waals surface area contributed by atoms with Crippen molar-refractivity contribution in [3.63, 3.8) is 0 Å². The standard InChI is InChI=1S/C21H31N3O2S/c1-4-21(5-2)12-19(25)24(14-27-23-21)13-17-11-18(17)20(26)22-15(3)16-9-7-6-8-10-16/h6-10,15,17-18,23H,4-5,11-14H2,1-3H3,(H,22,26)/t15-,17?,18?/m0/s1. The molecule has 2 amide bonds. The lowest BCUT2D eigenvalue weighted by atomic mass is 9.90. The van der Waals surface area contributed by atoms with Gasteiger partial charge in [-0.3, -0.25) is 14.3 Å². The van der Waals surface area contributed by atoms with Crippen LogP contribution >= 0.6 is 11.9 Å². The van der Waals surface area contributed by atoms with E-state index >= 15 is 0 Å². The van der Waals surface area contributed by atoms with E-state index in [1.807, 2.05) is 42.2 Å². The van der Waals surface area contributed by atoms with E-state index in [-0.39, 0.29) is 35.2 Å². The monoisotopic (exact) mass is 389 g/mol. The molecule has 0 spiro atoms. The molecule has 1 aliphatic carbocycles. The first-order chi connectivity index (χ1) is 13.0. The van der Waals surface area contributed by atoms with Gasteiger partial charge in [0.2, 0.25) is 11.8 Å². The fraction of sp³-hybridized carbons (Fsp3) is 0.619. The first kappa shape index (κ1) is 20.2. The smallest absolute Gasteiger partial charge is 0.225 e. The Morgan fingerprint density at radius 3 is 2.70 bits per heavy atom. The maximum Gasteiger partial charge on any atom is 0.225 e. The summed E-state index contributed by atoms with van der Waals surface area (Å²) in [6.07, 6.45) is 3.31. The Kier molecular flexibility index (Phi) is 6.48. The van der Waals surface area contributed by atoms with Crippen LogP contribution in [0.2, 0.25) is 0 Å². The van der Waals surface area contributed by atoms with Gasteiger partial charge in [-0.25, -0.2) is 0 Å². The van der Waals surface area contributed by atoms with Gasteiger partial charge in [-0.05, 0) is 37.7 Å². The Morgan fingerprint density at radius 2 is 2.04 bits per heavy atom. The molecular formula is C21H31N3O2S. The number of rotatable bonds is 7. The molecule has 1 aromatic carbocycles. The molecule has 148 valence electrons. The highest BCUT2D eigenvalue weighted by Gasteiger charge is 2.45. The van der Waals surface area contributed by atoms with Gasteiger partial charge >= 0.3 is 0 Å². The van der Waals surface area contributed by atoms with Crippen LogP contribution in [-0.2, 0) is 9.59 Å². The number of nitrogens with zero attached hydrogens (tertiary/aromatic N) is 1. The molecule has 2 unspecified atom stereocenters. The molecule has 27 heavy (non-hydrogen) atoms. The second kappa shape index (κ2) is 8.65. The summed E-state index contributed by atoms with van der Waals surface area (Å²) in [5.74, 6) is 1.30. The summed E-state index contributed by atoms with van der Waals surface area (Å²) >= 11 is 1.63. The first-order valence-corrected chi connectivity index (χ1v) is 11.0. The summed E-state index contributed by atoms with van der Waals surface area (Å²) in [6, 6.07) is 10.0. The molecule has 1 aromatic rings. The van der Waals surface area contributed by atoms with Gasteiger partial charge in [-0.2, -0.15) is 0 Å². The molecule has 1 aliphatic heterocycles. The SMILES string of the molecule is CCC1(CC)CC(=O)N(CC2CC2C(=O)N[C@@H](C)c2ccccc2)CSN1. The summed E-state index contributed by atoms with van der Waals surface area (Å²) in [7, 11) is 0. The van der Waals surface area contributed by atoms with Gasteiger partial charge in [0.05, 0.1) is 11.9 Å². The maximum atomic E-state index is 12.7. The predicted octanol–water partition coefficient (Wildman–Crippen LogP) is 3.49. The van der Waals surface area contributed by atoms with Crippen molar-refractivity contribution in [2.75, 3.05) is 12.4 Å². The zero-order chi connectivity index (χ0) is 19.4. The Balaban J connectivity index is 1.50. The second-order valence-corrected chi connectivity index (χ2v) is 8.65. The lowest BCUT2D eigenvalue weighted by Crippen LogP contribution is -2.42. The van der Waals surface area contributed by atoms with Gasteiger partial charge in [0.25, 0.3) is 0 Å². The number of benzene rings is 1. The number of hydrogen-bond donors (Lipinski definition) is 2. The number of carbonyl (C=O) groups excluding carboxylic acids is 2. The molecule has 3 rings (SSSR count). The van der Waals surface area contributed by atoms with Crippen LogP contribution in [0.3, 0.4) is 0 Å². The number of nitrogens with one attached hydrogen (secondary N) is 2. The second-order valence-electron chi connectivity index (χ2n) is 7.90. The van der Waals surface area contributed by atoms with Crippen molar-refractivity contribution in [1.29, 1.82) is 0 Å². The van der Waals surface area contributed by atoms with E-state index in [1.54, 1.807) is 11.9 Å². The third-order valence-electron chi connectivity index (χ3n) is 6.08. The lowest BCUT2D eigenvalue weighted by molar-refractivity contribution is -0.132. The number of carbonyl (C=O) groups is 2. The van der Waals surface area contributed by atoms with Crippen LogP contribution in [0.1, 0.15) is 58.1 Å². The summed E-state index contributed by atoms with van der Waals surface area (Å²) in [6.45, 7) is 6.97. The average molecular weight is 390 g/mol. The summed E-state index contributed by atoms with van der Waals surface area (Å²) in [4.78, 5) is 27.2. The van der Waals surface area contributed by atoms with Gasteiger partial charge < -0.3 is 10.2 Å². The van der Waals surface area contributed by atoms with E-state index in [9.17, 15) is 9.59 Å². The summed E-state index contributed by atoms with van der Waals surface area (Å²) in [5, 5.41) is 3.12. The van der Waals surface area contributed by atoms with Crippen molar-refractivity contribution in [2.24, 2.45) is 11.8 Å². The molecule has 1 saturated heterocycles. The highest BCUT2D eigenvalue weighted by molar-refractivity contribution is 7.97. The summed E-state index contributed by atoms with van der Waals surface area (Å²) < 4.78 is 3.50. The number of amides is 2. The van der Waals surface area contributed by atoms with E-state index < -0.39 is 0 Å². The van der Waals surface area contributed by atoms with Crippen LogP contribution in [0.15, 0.2) is 30.3 Å². The molecule has 5 nitrogen and oxygen atoms in total. The maximum absolute atomic E-state index is 12.7. The van der Waals surface area contributed by atoms with E-state index in [4.69, 9.17) is 0 Å². The van der Waals surface area contributed by atoms with Gasteiger partial charge in [0.15, 0.2) is 0 Å². The predicted molar refractivity (Wildman–Crippen MR) is 110 cm³/mol. The molecule has 1 heterocycles. The Bertz CT molecular complexity index is 663. The molecule has 2 aliphatic rings. The first-order valence-electron chi connectivity index (χ1n) is 10.00. The van der Waals surface area contributed by atoms with Crippen molar-refractivity contribution >= 4 is 23.8 Å². The minimum atomic E-state index is -0.0953. The third-order valence-corrected chi connectivity index (χ3v) is 7.10. The molecule has 0 radical (unpaired) electrons. The minimum absolute atomic E-state index is 0.00856. The van der Waals surface area contributed by atoms with E-state index in [0.717, 1.165) is 24.8 Å². The molecule has 0 bridgehead atoms. The minimum Gasteiger partial charge on any atom is -0.349 e. The fourth-order valence-electron chi connectivity index (χ4n) is 3.77. The average Bonchev–Trinajstić information content (AvgIpc) is 3.47. The van der Waals surface area contributed by atoms with Crippen molar-refractivity contribution < 1.29 is 9.59 Å². The van der Waals surface area contributed by atoms with Crippen LogP contribution < -0.4 is 10.0 Å². The van der Waals surface area contributed by atoms with E-state index in [1.165, 1.54) is 0 Å². The fourth-order valence-corrected chi connectivity index (χ4v) is 4.91. The van der Waals surface area contributed by atoms with Gasteiger partial charge in [-0.1, -0.05) is 56.1 Å². The zero-order valence-corrected chi connectivity index (χ0v) is 17.3. The number of hydrogen-bond acceptors (Lipinski definition) is 4. The van der Waals surface area contributed by atoms with Gasteiger partial charge in [-0.15, -0.1) is 0 Å². The highest BCUT2D eigenvalue weighted by atomic mass is 32.2. The molecule has 0 aromatic heterocycles. The van der Waals surface area contributed by atoms with E-state index in [2.05, 4.69) is 23.9 Å². The third kappa shape index (κ3) is 4.85. The normalized spacial score (nSPS) is 25.6.